The Morgan fingerprint density at radius 3 is 2.27 bits per heavy atom. The fraction of sp³-hybridized carbons (Fsp3) is 0.647. The van der Waals surface area contributed by atoms with Gasteiger partial charge in [-0.25, -0.2) is 9.37 Å². The van der Waals surface area contributed by atoms with Gasteiger partial charge in [-0.1, -0.05) is 90.0 Å². The van der Waals surface area contributed by atoms with Crippen molar-refractivity contribution >= 4 is 17.2 Å². The Balaban J connectivity index is 0.000000598. The Hall–Kier alpha value is -2.63. The first-order chi connectivity index (χ1) is 19.2. The van der Waals surface area contributed by atoms with Crippen LogP contribution in [0, 0.1) is 24.6 Å². The summed E-state index contributed by atoms with van der Waals surface area (Å²) in [5, 5.41) is 0. The minimum atomic E-state index is -0.171. The van der Waals surface area contributed by atoms with Gasteiger partial charge in [0.15, 0.2) is 0 Å². The number of hydrogen-bond donors (Lipinski definition) is 1. The van der Waals surface area contributed by atoms with E-state index in [-0.39, 0.29) is 11.4 Å². The number of benzene rings is 1. The lowest BCUT2D eigenvalue weighted by molar-refractivity contribution is 0.342. The molecule has 224 valence electrons. The van der Waals surface area contributed by atoms with Gasteiger partial charge in [-0.05, 0) is 68.6 Å². The SMILES string of the molecule is C=C(CCC)c1nc(N(CC(CCC)CCCC)CC2CCCCC2)[nH]c(=O)c1N(C)C.Cc1ccc(F)cc1. The van der Waals surface area contributed by atoms with Crippen LogP contribution in [0.2, 0.25) is 0 Å². The molecule has 6 heteroatoms. The third kappa shape index (κ3) is 11.1. The van der Waals surface area contributed by atoms with Gasteiger partial charge in [0, 0.05) is 27.2 Å². The molecule has 5 nitrogen and oxygen atoms in total. The number of aryl methyl sites for hydroxylation is 1. The first-order valence-electron chi connectivity index (χ1n) is 15.7. The van der Waals surface area contributed by atoms with Gasteiger partial charge in [0.1, 0.15) is 11.5 Å². The van der Waals surface area contributed by atoms with Crippen molar-refractivity contribution in [1.29, 1.82) is 0 Å². The molecule has 1 aromatic carbocycles. The molecular formula is C34H55FN4O. The van der Waals surface area contributed by atoms with Gasteiger partial charge in [0.05, 0.1) is 5.69 Å². The van der Waals surface area contributed by atoms with Crippen LogP contribution in [-0.4, -0.2) is 37.2 Å². The molecule has 0 saturated heterocycles. The van der Waals surface area contributed by atoms with E-state index in [1.165, 1.54) is 76.3 Å². The van der Waals surface area contributed by atoms with E-state index in [4.69, 9.17) is 4.98 Å². The minimum Gasteiger partial charge on any atom is -0.371 e. The molecule has 1 N–H and O–H groups in total. The third-order valence-corrected chi connectivity index (χ3v) is 7.87. The Morgan fingerprint density at radius 1 is 1.05 bits per heavy atom. The van der Waals surface area contributed by atoms with Crippen molar-refractivity contribution in [3.8, 4) is 0 Å². The van der Waals surface area contributed by atoms with Crippen molar-refractivity contribution in [3.63, 3.8) is 0 Å². The number of allylic oxidation sites excluding steroid dienone is 1. The van der Waals surface area contributed by atoms with Crippen LogP contribution in [0.3, 0.4) is 0 Å². The first-order valence-corrected chi connectivity index (χ1v) is 15.7. The summed E-state index contributed by atoms with van der Waals surface area (Å²) in [4.78, 5) is 25.7. The Morgan fingerprint density at radius 2 is 1.73 bits per heavy atom. The van der Waals surface area contributed by atoms with Crippen LogP contribution in [0.1, 0.15) is 109 Å². The first kappa shape index (κ1) is 33.6. The Kier molecular flexibility index (Phi) is 15.1. The van der Waals surface area contributed by atoms with Crippen LogP contribution < -0.4 is 15.4 Å². The van der Waals surface area contributed by atoms with Crippen molar-refractivity contribution in [2.75, 3.05) is 37.0 Å². The summed E-state index contributed by atoms with van der Waals surface area (Å²) in [6.07, 6.45) is 14.6. The number of unbranched alkanes of at least 4 members (excludes halogenated alkanes) is 1. The molecule has 0 amide bonds. The zero-order valence-electron chi connectivity index (χ0n) is 26.2. The van der Waals surface area contributed by atoms with E-state index < -0.39 is 0 Å². The van der Waals surface area contributed by atoms with E-state index in [9.17, 15) is 9.18 Å². The van der Waals surface area contributed by atoms with E-state index in [0.29, 0.717) is 17.5 Å². The predicted octanol–water partition coefficient (Wildman–Crippen LogP) is 8.78. The number of rotatable bonds is 14. The average molecular weight is 555 g/mol. The number of nitrogens with zero attached hydrogens (tertiary/aromatic N) is 3. The van der Waals surface area contributed by atoms with Gasteiger partial charge >= 0.3 is 0 Å². The number of anilines is 2. The molecule has 1 aromatic heterocycles. The van der Waals surface area contributed by atoms with Crippen LogP contribution in [-0.2, 0) is 0 Å². The minimum absolute atomic E-state index is 0.0542. The van der Waals surface area contributed by atoms with Gasteiger partial charge < -0.3 is 9.80 Å². The largest absolute Gasteiger partial charge is 0.371 e. The van der Waals surface area contributed by atoms with Gasteiger partial charge in [-0.3, -0.25) is 9.78 Å². The smallest absolute Gasteiger partial charge is 0.276 e. The summed E-state index contributed by atoms with van der Waals surface area (Å²) in [7, 11) is 3.83. The maximum absolute atomic E-state index is 13.2. The normalized spacial score (nSPS) is 14.3. The number of aromatic amines is 1. The predicted molar refractivity (Wildman–Crippen MR) is 171 cm³/mol. The summed E-state index contributed by atoms with van der Waals surface area (Å²) in [5.74, 6) is 1.91. The third-order valence-electron chi connectivity index (χ3n) is 7.87. The molecule has 1 saturated carbocycles. The van der Waals surface area contributed by atoms with Gasteiger partial charge in [0.2, 0.25) is 5.95 Å². The highest BCUT2D eigenvalue weighted by Crippen LogP contribution is 2.29. The molecule has 0 spiro atoms. The summed E-state index contributed by atoms with van der Waals surface area (Å²) in [6, 6.07) is 6.40. The zero-order chi connectivity index (χ0) is 29.5. The van der Waals surface area contributed by atoms with Gasteiger partial charge in [-0.15, -0.1) is 0 Å². The summed E-state index contributed by atoms with van der Waals surface area (Å²) in [5.41, 5.74) is 3.39. The highest BCUT2D eigenvalue weighted by atomic mass is 19.1. The van der Waals surface area contributed by atoms with E-state index >= 15 is 0 Å². The average Bonchev–Trinajstić information content (AvgIpc) is 2.93. The number of halogens is 1. The number of nitrogens with one attached hydrogen (secondary N) is 1. The molecule has 1 atom stereocenters. The second-order valence-electron chi connectivity index (χ2n) is 11.8. The lowest BCUT2D eigenvalue weighted by atomic mass is 9.88. The maximum atomic E-state index is 13.2. The lowest BCUT2D eigenvalue weighted by Gasteiger charge is -2.33. The molecule has 2 aromatic rings. The van der Waals surface area contributed by atoms with Gasteiger partial charge in [-0.2, -0.15) is 0 Å². The second kappa shape index (κ2) is 17.9. The number of H-pyrrole nitrogens is 1. The summed E-state index contributed by atoms with van der Waals surface area (Å²) >= 11 is 0. The van der Waals surface area contributed by atoms with Crippen LogP contribution in [0.4, 0.5) is 16.0 Å². The molecule has 1 heterocycles. The van der Waals surface area contributed by atoms with Crippen molar-refractivity contribution in [1.82, 2.24) is 9.97 Å². The van der Waals surface area contributed by atoms with Crippen LogP contribution in [0.25, 0.3) is 5.57 Å². The topological polar surface area (TPSA) is 52.2 Å². The van der Waals surface area contributed by atoms with Crippen LogP contribution in [0.5, 0.6) is 0 Å². The lowest BCUT2D eigenvalue weighted by Crippen LogP contribution is -2.38. The number of aromatic nitrogens is 2. The Bertz CT molecular complexity index is 1040. The molecule has 0 radical (unpaired) electrons. The molecule has 1 aliphatic carbocycles. The quantitative estimate of drug-likeness (QED) is 0.254. The van der Waals surface area contributed by atoms with E-state index in [1.807, 2.05) is 25.9 Å². The molecular weight excluding hydrogens is 499 g/mol. The second-order valence-corrected chi connectivity index (χ2v) is 11.8. The van der Waals surface area contributed by atoms with E-state index in [0.717, 1.165) is 48.7 Å². The maximum Gasteiger partial charge on any atom is 0.276 e. The van der Waals surface area contributed by atoms with Crippen LogP contribution >= 0.6 is 0 Å². The number of hydrogen-bond acceptors (Lipinski definition) is 4. The highest BCUT2D eigenvalue weighted by molar-refractivity contribution is 5.72. The molecule has 0 aliphatic heterocycles. The van der Waals surface area contributed by atoms with Crippen LogP contribution in [0.15, 0.2) is 35.6 Å². The van der Waals surface area contributed by atoms with Crippen molar-refractivity contribution < 1.29 is 4.39 Å². The fourth-order valence-corrected chi connectivity index (χ4v) is 5.69. The summed E-state index contributed by atoms with van der Waals surface area (Å²) < 4.78 is 12.1. The molecule has 1 fully saturated rings. The zero-order valence-corrected chi connectivity index (χ0v) is 26.2. The van der Waals surface area contributed by atoms with Crippen molar-refractivity contribution in [2.24, 2.45) is 11.8 Å². The highest BCUT2D eigenvalue weighted by Gasteiger charge is 2.24. The molecule has 0 bridgehead atoms. The van der Waals surface area contributed by atoms with Crippen molar-refractivity contribution in [3.05, 3.63) is 58.3 Å². The molecule has 1 unspecified atom stereocenters. The van der Waals surface area contributed by atoms with Crippen molar-refractivity contribution in [2.45, 2.75) is 105 Å². The van der Waals surface area contributed by atoms with Gasteiger partial charge in [0.25, 0.3) is 5.56 Å². The monoisotopic (exact) mass is 554 g/mol. The Labute approximate surface area is 243 Å². The standard InChI is InChI=1S/C27H48N4O.C7H7F/c1-7-10-16-22(15-9-3)19-31(20-23-17-12-11-13-18-23)27-28-24(21(4)14-8-2)25(30(5)6)26(32)29-27;1-6-2-4-7(8)5-3-6/h22-23H,4,7-20H2,1-3,5-6H3,(H,28,29,32);2-5H,1H3. The fourth-order valence-electron chi connectivity index (χ4n) is 5.69. The van der Waals surface area contributed by atoms with E-state index in [1.54, 1.807) is 12.1 Å². The summed E-state index contributed by atoms with van der Waals surface area (Å²) in [6.45, 7) is 14.9. The van der Waals surface area contributed by atoms with E-state index in [2.05, 4.69) is 37.2 Å². The molecule has 3 rings (SSSR count). The molecule has 1 aliphatic rings. The molecule has 40 heavy (non-hydrogen) atoms.